The van der Waals surface area contributed by atoms with E-state index in [1.165, 1.54) is 0 Å². The molecule has 0 amide bonds. The number of pyridine rings is 1. The van der Waals surface area contributed by atoms with Gasteiger partial charge >= 0.3 is 5.97 Å². The van der Waals surface area contributed by atoms with Gasteiger partial charge in [-0.3, -0.25) is 0 Å². The van der Waals surface area contributed by atoms with Crippen molar-refractivity contribution in [1.82, 2.24) is 4.98 Å². The maximum absolute atomic E-state index is 11.6. The maximum Gasteiger partial charge on any atom is 0.329 e. The first-order chi connectivity index (χ1) is 10.1. The molecule has 2 N–H and O–H groups in total. The molecule has 0 bridgehead atoms. The van der Waals surface area contributed by atoms with E-state index in [-0.39, 0.29) is 0 Å². The molecule has 0 fully saturated rings. The highest BCUT2D eigenvalue weighted by atomic mass is 16.5. The van der Waals surface area contributed by atoms with Gasteiger partial charge in [0, 0.05) is 11.6 Å². The molecule has 2 rings (SSSR count). The van der Waals surface area contributed by atoms with Gasteiger partial charge in [-0.05, 0) is 36.4 Å². The molecule has 0 aliphatic heterocycles. The first kappa shape index (κ1) is 15.1. The molecular weight excluding hydrogens is 268 g/mol. The van der Waals surface area contributed by atoms with Gasteiger partial charge in [-0.1, -0.05) is 19.9 Å². The lowest BCUT2D eigenvalue weighted by Crippen LogP contribution is -2.45. The van der Waals surface area contributed by atoms with Crippen LogP contribution in [0.5, 0.6) is 5.75 Å². The molecule has 0 aliphatic carbocycles. The average Bonchev–Trinajstić information content (AvgIpc) is 2.52. The van der Waals surface area contributed by atoms with Crippen molar-refractivity contribution in [2.24, 2.45) is 0 Å². The number of hydrogen-bond acceptors (Lipinski definition) is 4. The van der Waals surface area contributed by atoms with Crippen molar-refractivity contribution in [3.63, 3.8) is 0 Å². The summed E-state index contributed by atoms with van der Waals surface area (Å²) < 4.78 is 5.24. The number of anilines is 1. The standard InChI is InChI=1S/C16H20N2O3/c1-4-16(5-2,15(19)20)18-14-13-10-12(21-3)7-6-11(13)8-9-17-14/h6-10H,4-5H2,1-3H3,(H,17,18)(H,19,20). The molecule has 112 valence electrons. The quantitative estimate of drug-likeness (QED) is 0.853. The predicted octanol–water partition coefficient (Wildman–Crippen LogP) is 3.30. The Bertz CT molecular complexity index is 651. The van der Waals surface area contributed by atoms with Gasteiger partial charge in [0.2, 0.25) is 0 Å². The Morgan fingerprint density at radius 2 is 2.05 bits per heavy atom. The number of carbonyl (C=O) groups is 1. The van der Waals surface area contributed by atoms with Crippen LogP contribution in [0.4, 0.5) is 5.82 Å². The Balaban J connectivity index is 2.53. The van der Waals surface area contributed by atoms with Gasteiger partial charge in [0.15, 0.2) is 0 Å². The minimum Gasteiger partial charge on any atom is -0.497 e. The van der Waals surface area contributed by atoms with Gasteiger partial charge in [-0.25, -0.2) is 9.78 Å². The fourth-order valence-corrected chi connectivity index (χ4v) is 2.38. The smallest absolute Gasteiger partial charge is 0.329 e. The number of aromatic nitrogens is 1. The van der Waals surface area contributed by atoms with Crippen LogP contribution in [0, 0.1) is 0 Å². The van der Waals surface area contributed by atoms with Crippen LogP contribution in [-0.4, -0.2) is 28.7 Å². The van der Waals surface area contributed by atoms with Crippen molar-refractivity contribution in [3.8, 4) is 5.75 Å². The van der Waals surface area contributed by atoms with Gasteiger partial charge < -0.3 is 15.2 Å². The monoisotopic (exact) mass is 288 g/mol. The molecule has 1 heterocycles. The first-order valence-electron chi connectivity index (χ1n) is 7.00. The summed E-state index contributed by atoms with van der Waals surface area (Å²) in [5, 5.41) is 14.5. The first-order valence-corrected chi connectivity index (χ1v) is 7.00. The van der Waals surface area contributed by atoms with E-state index in [1.807, 2.05) is 38.1 Å². The lowest BCUT2D eigenvalue weighted by molar-refractivity contribution is -0.142. The fraction of sp³-hybridized carbons (Fsp3) is 0.375. The van der Waals surface area contributed by atoms with Crippen LogP contribution in [0.1, 0.15) is 26.7 Å². The Morgan fingerprint density at radius 1 is 1.33 bits per heavy atom. The van der Waals surface area contributed by atoms with E-state index in [0.29, 0.717) is 24.4 Å². The summed E-state index contributed by atoms with van der Waals surface area (Å²) in [5.74, 6) is 0.416. The molecule has 0 radical (unpaired) electrons. The van der Waals surface area contributed by atoms with E-state index in [1.54, 1.807) is 13.3 Å². The van der Waals surface area contributed by atoms with Gasteiger partial charge in [0.25, 0.3) is 0 Å². The van der Waals surface area contributed by atoms with E-state index < -0.39 is 11.5 Å². The molecule has 0 unspecified atom stereocenters. The molecule has 1 aromatic heterocycles. The summed E-state index contributed by atoms with van der Waals surface area (Å²) in [6, 6.07) is 7.56. The second-order valence-corrected chi connectivity index (χ2v) is 4.97. The SMILES string of the molecule is CCC(CC)(Nc1nccc2ccc(OC)cc12)C(=O)O. The van der Waals surface area contributed by atoms with E-state index >= 15 is 0 Å². The summed E-state index contributed by atoms with van der Waals surface area (Å²) >= 11 is 0. The zero-order valence-corrected chi connectivity index (χ0v) is 12.5. The van der Waals surface area contributed by atoms with Crippen LogP contribution in [0.15, 0.2) is 30.5 Å². The summed E-state index contributed by atoms with van der Waals surface area (Å²) in [5.41, 5.74) is -1.01. The van der Waals surface area contributed by atoms with Gasteiger partial charge in [-0.15, -0.1) is 0 Å². The van der Waals surface area contributed by atoms with Crippen LogP contribution in [-0.2, 0) is 4.79 Å². The maximum atomic E-state index is 11.6. The van der Waals surface area contributed by atoms with E-state index in [2.05, 4.69) is 10.3 Å². The summed E-state index contributed by atoms with van der Waals surface area (Å²) in [7, 11) is 1.60. The number of hydrogen-bond donors (Lipinski definition) is 2. The fourth-order valence-electron chi connectivity index (χ4n) is 2.38. The van der Waals surface area contributed by atoms with Crippen molar-refractivity contribution < 1.29 is 14.6 Å². The van der Waals surface area contributed by atoms with Crippen molar-refractivity contribution >= 4 is 22.6 Å². The normalized spacial score (nSPS) is 11.4. The molecule has 1 aromatic carbocycles. The molecule has 21 heavy (non-hydrogen) atoms. The lowest BCUT2D eigenvalue weighted by atomic mass is 9.92. The highest BCUT2D eigenvalue weighted by molar-refractivity contribution is 5.95. The summed E-state index contributed by atoms with van der Waals surface area (Å²) in [6.07, 6.45) is 2.62. The van der Waals surface area contributed by atoms with Crippen LogP contribution in [0.3, 0.4) is 0 Å². The van der Waals surface area contributed by atoms with E-state index in [9.17, 15) is 9.90 Å². The number of ether oxygens (including phenoxy) is 1. The predicted molar refractivity (Wildman–Crippen MR) is 82.9 cm³/mol. The van der Waals surface area contributed by atoms with Crippen LogP contribution >= 0.6 is 0 Å². The van der Waals surface area contributed by atoms with Crippen molar-refractivity contribution in [3.05, 3.63) is 30.5 Å². The number of aliphatic carboxylic acids is 1. The highest BCUT2D eigenvalue weighted by Gasteiger charge is 2.35. The molecule has 5 heteroatoms. The Kier molecular flexibility index (Phi) is 4.31. The van der Waals surface area contributed by atoms with Crippen LogP contribution in [0.25, 0.3) is 10.8 Å². The number of fused-ring (bicyclic) bond motifs is 1. The third-order valence-corrected chi connectivity index (χ3v) is 3.95. The molecule has 0 atom stereocenters. The van der Waals surface area contributed by atoms with Gasteiger partial charge in [0.05, 0.1) is 7.11 Å². The molecular formula is C16H20N2O3. The number of benzene rings is 1. The zero-order valence-electron chi connectivity index (χ0n) is 12.5. The minimum atomic E-state index is -1.01. The minimum absolute atomic E-state index is 0.473. The number of nitrogens with one attached hydrogen (secondary N) is 1. The third-order valence-electron chi connectivity index (χ3n) is 3.95. The van der Waals surface area contributed by atoms with Gasteiger partial charge in [0.1, 0.15) is 17.1 Å². The second-order valence-electron chi connectivity index (χ2n) is 4.97. The molecule has 0 saturated carbocycles. The number of carboxylic acids is 1. The lowest BCUT2D eigenvalue weighted by Gasteiger charge is -2.29. The van der Waals surface area contributed by atoms with Crippen LogP contribution in [0.2, 0.25) is 0 Å². The largest absolute Gasteiger partial charge is 0.497 e. The number of methoxy groups -OCH3 is 1. The zero-order chi connectivity index (χ0) is 15.5. The molecule has 5 nitrogen and oxygen atoms in total. The number of nitrogens with zero attached hydrogens (tertiary/aromatic N) is 1. The Hall–Kier alpha value is -2.30. The number of carboxylic acid groups (broad SMARTS) is 1. The highest BCUT2D eigenvalue weighted by Crippen LogP contribution is 2.29. The van der Waals surface area contributed by atoms with Crippen molar-refractivity contribution in [2.75, 3.05) is 12.4 Å². The van der Waals surface area contributed by atoms with E-state index in [0.717, 1.165) is 10.8 Å². The average molecular weight is 288 g/mol. The summed E-state index contributed by atoms with van der Waals surface area (Å²) in [4.78, 5) is 15.9. The van der Waals surface area contributed by atoms with Crippen molar-refractivity contribution in [1.29, 1.82) is 0 Å². The Labute approximate surface area is 124 Å². The molecule has 0 saturated heterocycles. The van der Waals surface area contributed by atoms with Gasteiger partial charge in [-0.2, -0.15) is 0 Å². The topological polar surface area (TPSA) is 71.5 Å². The third kappa shape index (κ3) is 2.77. The van der Waals surface area contributed by atoms with Crippen LogP contribution < -0.4 is 10.1 Å². The molecule has 0 aliphatic rings. The van der Waals surface area contributed by atoms with E-state index in [4.69, 9.17) is 4.74 Å². The number of rotatable bonds is 6. The molecule has 2 aromatic rings. The molecule has 0 spiro atoms. The van der Waals surface area contributed by atoms with Crippen molar-refractivity contribution in [2.45, 2.75) is 32.2 Å². The summed E-state index contributed by atoms with van der Waals surface area (Å²) in [6.45, 7) is 3.71. The Morgan fingerprint density at radius 3 is 2.62 bits per heavy atom. The second kappa shape index (κ2) is 5.99.